The highest BCUT2D eigenvalue weighted by Crippen LogP contribution is 2.50. The Morgan fingerprint density at radius 2 is 1.07 bits per heavy atom. The number of hydrogen-bond donors (Lipinski definition) is 0. The second-order valence-electron chi connectivity index (χ2n) is 10.7. The highest BCUT2D eigenvalue weighted by atomic mass is 16.3. The standard InChI is InChI=1S/C39H23NO/c1-2-12-29-27(10-1)28-11-3-4-13-30(28)33-21-18-24-9-8-22-40-38(24)37(33)35-23-25(19-20-31(29)35)26-15-7-16-34-32-14-5-6-17-36(32)41-39(26)34/h1-23H. The normalized spacial score (nSPS) is 11.9. The first-order valence-corrected chi connectivity index (χ1v) is 14.0. The van der Waals surface area contributed by atoms with Gasteiger partial charge in [-0.3, -0.25) is 4.98 Å². The van der Waals surface area contributed by atoms with Crippen molar-refractivity contribution in [3.05, 3.63) is 140 Å². The van der Waals surface area contributed by atoms with Crippen LogP contribution >= 0.6 is 0 Å². The molecule has 0 atom stereocenters. The first kappa shape index (κ1) is 22.4. The van der Waals surface area contributed by atoms with E-state index in [1.54, 1.807) is 0 Å². The van der Waals surface area contributed by atoms with Gasteiger partial charge in [0.15, 0.2) is 0 Å². The summed E-state index contributed by atoms with van der Waals surface area (Å²) in [6.07, 6.45) is 1.90. The van der Waals surface area contributed by atoms with E-state index in [-0.39, 0.29) is 0 Å². The Hall–Kier alpha value is -5.47. The summed E-state index contributed by atoms with van der Waals surface area (Å²) in [5, 5.41) is 3.41. The number of fused-ring (bicyclic) bond motifs is 13. The van der Waals surface area contributed by atoms with E-state index in [1.807, 2.05) is 24.4 Å². The molecular formula is C39H23NO. The monoisotopic (exact) mass is 521 g/mol. The van der Waals surface area contributed by atoms with E-state index in [0.29, 0.717) is 0 Å². The number of furan rings is 1. The van der Waals surface area contributed by atoms with Crippen molar-refractivity contribution in [1.29, 1.82) is 0 Å². The Kier molecular flexibility index (Phi) is 4.64. The molecule has 6 aromatic carbocycles. The molecule has 2 heteroatoms. The minimum atomic E-state index is 0.910. The highest BCUT2D eigenvalue weighted by Gasteiger charge is 2.24. The Morgan fingerprint density at radius 1 is 0.439 bits per heavy atom. The van der Waals surface area contributed by atoms with Crippen LogP contribution in [0.4, 0.5) is 0 Å². The van der Waals surface area contributed by atoms with Crippen molar-refractivity contribution in [2.24, 2.45) is 0 Å². The van der Waals surface area contributed by atoms with Crippen molar-refractivity contribution in [1.82, 2.24) is 4.98 Å². The third-order valence-electron chi connectivity index (χ3n) is 8.50. The summed E-state index contributed by atoms with van der Waals surface area (Å²) < 4.78 is 6.46. The maximum Gasteiger partial charge on any atom is 0.143 e. The molecule has 2 nitrogen and oxygen atoms in total. The predicted octanol–water partition coefficient (Wildman–Crippen LogP) is 10.8. The molecule has 1 aliphatic rings. The van der Waals surface area contributed by atoms with Gasteiger partial charge in [0.2, 0.25) is 0 Å². The fourth-order valence-electron chi connectivity index (χ4n) is 6.68. The number of para-hydroxylation sites is 2. The molecule has 2 heterocycles. The van der Waals surface area contributed by atoms with Crippen LogP contribution in [-0.2, 0) is 0 Å². The minimum absolute atomic E-state index is 0.910. The fraction of sp³-hybridized carbons (Fsp3) is 0. The molecule has 190 valence electrons. The Bertz CT molecular complexity index is 2320. The third kappa shape index (κ3) is 3.22. The van der Waals surface area contributed by atoms with Gasteiger partial charge < -0.3 is 4.42 Å². The summed E-state index contributed by atoms with van der Waals surface area (Å²) in [6, 6.07) is 47.7. The third-order valence-corrected chi connectivity index (χ3v) is 8.50. The summed E-state index contributed by atoms with van der Waals surface area (Å²) in [5.74, 6) is 0. The summed E-state index contributed by atoms with van der Waals surface area (Å²) in [7, 11) is 0. The Balaban J connectivity index is 1.42. The van der Waals surface area contributed by atoms with Crippen LogP contribution in [-0.4, -0.2) is 4.98 Å². The molecule has 0 saturated heterocycles. The van der Waals surface area contributed by atoms with Crippen molar-refractivity contribution >= 4 is 32.8 Å². The number of nitrogens with zero attached hydrogens (tertiary/aromatic N) is 1. The Labute approximate surface area is 237 Å². The quantitative estimate of drug-likeness (QED) is 0.215. The fourth-order valence-corrected chi connectivity index (χ4v) is 6.68. The molecule has 0 amide bonds. The lowest BCUT2D eigenvalue weighted by Crippen LogP contribution is -1.99. The predicted molar refractivity (Wildman–Crippen MR) is 170 cm³/mol. The maximum absolute atomic E-state index is 6.46. The van der Waals surface area contributed by atoms with Gasteiger partial charge >= 0.3 is 0 Å². The van der Waals surface area contributed by atoms with Gasteiger partial charge in [0.25, 0.3) is 0 Å². The van der Waals surface area contributed by atoms with Crippen LogP contribution in [0, 0.1) is 0 Å². The first-order valence-electron chi connectivity index (χ1n) is 14.0. The van der Waals surface area contributed by atoms with Crippen molar-refractivity contribution in [2.75, 3.05) is 0 Å². The van der Waals surface area contributed by atoms with Crippen molar-refractivity contribution < 1.29 is 4.42 Å². The van der Waals surface area contributed by atoms with E-state index >= 15 is 0 Å². The summed E-state index contributed by atoms with van der Waals surface area (Å²) in [6.45, 7) is 0. The van der Waals surface area contributed by atoms with Gasteiger partial charge in [-0.1, -0.05) is 115 Å². The van der Waals surface area contributed by atoms with Crippen LogP contribution in [0.25, 0.3) is 88.5 Å². The molecule has 0 bridgehead atoms. The van der Waals surface area contributed by atoms with Crippen LogP contribution in [0.15, 0.2) is 144 Å². The maximum atomic E-state index is 6.46. The van der Waals surface area contributed by atoms with Gasteiger partial charge in [0, 0.05) is 33.5 Å². The zero-order valence-electron chi connectivity index (χ0n) is 22.1. The van der Waals surface area contributed by atoms with Gasteiger partial charge in [-0.05, 0) is 62.7 Å². The molecule has 2 aromatic heterocycles. The van der Waals surface area contributed by atoms with Crippen molar-refractivity contribution in [2.45, 2.75) is 0 Å². The molecule has 0 aliphatic heterocycles. The van der Waals surface area contributed by atoms with E-state index in [4.69, 9.17) is 9.40 Å². The van der Waals surface area contributed by atoms with Crippen LogP contribution in [0.1, 0.15) is 0 Å². The lowest BCUT2D eigenvalue weighted by Gasteiger charge is -2.24. The average Bonchev–Trinajstić information content (AvgIpc) is 3.42. The molecule has 0 radical (unpaired) electrons. The average molecular weight is 522 g/mol. The first-order chi connectivity index (χ1) is 20.3. The second-order valence-corrected chi connectivity index (χ2v) is 10.7. The largest absolute Gasteiger partial charge is 0.455 e. The van der Waals surface area contributed by atoms with Crippen molar-refractivity contribution in [3.63, 3.8) is 0 Å². The topological polar surface area (TPSA) is 26.0 Å². The molecule has 0 fully saturated rings. The van der Waals surface area contributed by atoms with Gasteiger partial charge in [0.1, 0.15) is 11.2 Å². The lowest BCUT2D eigenvalue weighted by atomic mass is 9.79. The van der Waals surface area contributed by atoms with Gasteiger partial charge in [-0.25, -0.2) is 0 Å². The van der Waals surface area contributed by atoms with E-state index in [1.165, 1.54) is 44.5 Å². The molecule has 41 heavy (non-hydrogen) atoms. The van der Waals surface area contributed by atoms with E-state index in [0.717, 1.165) is 44.0 Å². The number of benzene rings is 6. The number of pyridine rings is 1. The molecule has 8 aromatic rings. The molecular weight excluding hydrogens is 498 g/mol. The van der Waals surface area contributed by atoms with Gasteiger partial charge in [-0.15, -0.1) is 0 Å². The van der Waals surface area contributed by atoms with Crippen LogP contribution in [0.5, 0.6) is 0 Å². The van der Waals surface area contributed by atoms with Crippen LogP contribution < -0.4 is 0 Å². The smallest absolute Gasteiger partial charge is 0.143 e. The molecule has 9 rings (SSSR count). The zero-order valence-corrected chi connectivity index (χ0v) is 22.1. The number of rotatable bonds is 1. The molecule has 0 unspecified atom stereocenters. The van der Waals surface area contributed by atoms with E-state index in [9.17, 15) is 0 Å². The molecule has 0 saturated carbocycles. The molecule has 1 aliphatic carbocycles. The zero-order chi connectivity index (χ0) is 26.9. The molecule has 0 spiro atoms. The Morgan fingerprint density at radius 3 is 1.88 bits per heavy atom. The highest BCUT2D eigenvalue weighted by molar-refractivity contribution is 6.13. The lowest BCUT2D eigenvalue weighted by molar-refractivity contribution is 0.670. The van der Waals surface area contributed by atoms with E-state index in [2.05, 4.69) is 115 Å². The van der Waals surface area contributed by atoms with Crippen molar-refractivity contribution in [3.8, 4) is 55.6 Å². The van der Waals surface area contributed by atoms with Gasteiger partial charge in [0.05, 0.1) is 5.52 Å². The second kappa shape index (κ2) is 8.51. The van der Waals surface area contributed by atoms with E-state index < -0.39 is 0 Å². The summed E-state index contributed by atoms with van der Waals surface area (Å²) in [4.78, 5) is 4.96. The van der Waals surface area contributed by atoms with Crippen LogP contribution in [0.2, 0.25) is 0 Å². The summed E-state index contributed by atoms with van der Waals surface area (Å²) >= 11 is 0. The van der Waals surface area contributed by atoms with Crippen LogP contribution in [0.3, 0.4) is 0 Å². The number of aromatic nitrogens is 1. The number of hydrogen-bond acceptors (Lipinski definition) is 2. The SMILES string of the molecule is c1ccc2c(c1)-c1ccccc1-c1ccc3cccnc3c1-c1cc(-c3cccc4c3oc3ccccc34)ccc1-2. The molecule has 0 N–H and O–H groups in total. The minimum Gasteiger partial charge on any atom is -0.455 e. The summed E-state index contributed by atoms with van der Waals surface area (Å²) in [5.41, 5.74) is 14.7. The van der Waals surface area contributed by atoms with Gasteiger partial charge in [-0.2, -0.15) is 0 Å².